The van der Waals surface area contributed by atoms with E-state index in [1.807, 2.05) is 13.8 Å². The number of nitrogens with two attached hydrogens (primary N) is 1. The van der Waals surface area contributed by atoms with Gasteiger partial charge in [0.15, 0.2) is 10.6 Å². The number of hydrogen-bond donors (Lipinski definition) is 1. The molecule has 0 saturated heterocycles. The highest BCUT2D eigenvalue weighted by atomic mass is 32.1. The number of rotatable bonds is 2. The molecule has 0 atom stereocenters. The number of aryl methyl sites for hydroxylation is 2. The van der Waals surface area contributed by atoms with Crippen molar-refractivity contribution in [3.8, 4) is 0 Å². The first-order chi connectivity index (χ1) is 7.17. The lowest BCUT2D eigenvalue weighted by Gasteiger charge is -2.03. The number of nitrogens with zero attached hydrogens (tertiary/aromatic N) is 3. The predicted octanol–water partition coefficient (Wildman–Crippen LogP) is 1.02. The Morgan fingerprint density at radius 1 is 1.47 bits per heavy atom. The molecule has 80 valence electrons. The molecule has 2 aromatic heterocycles. The zero-order valence-electron chi connectivity index (χ0n) is 8.65. The predicted molar refractivity (Wildman–Crippen MR) is 61.1 cm³/mol. The summed E-state index contributed by atoms with van der Waals surface area (Å²) >= 11 is 1.33. The van der Waals surface area contributed by atoms with Crippen LogP contribution in [-0.4, -0.2) is 14.8 Å². The fraction of sp³-hybridized carbons (Fsp3) is 0.444. The van der Waals surface area contributed by atoms with Crippen LogP contribution in [0.5, 0.6) is 0 Å². The molecule has 0 fully saturated rings. The SMILES string of the molecule is CCc1nn(CC)c(=O)c2nc(N)sc12. The second kappa shape index (κ2) is 3.62. The molecule has 0 radical (unpaired) electrons. The van der Waals surface area contributed by atoms with Crippen molar-refractivity contribution >= 4 is 26.7 Å². The lowest BCUT2D eigenvalue weighted by molar-refractivity contribution is 0.608. The molecule has 0 amide bonds. The molecule has 0 saturated carbocycles. The van der Waals surface area contributed by atoms with Gasteiger partial charge in [-0.25, -0.2) is 9.67 Å². The van der Waals surface area contributed by atoms with Gasteiger partial charge in [0.25, 0.3) is 5.56 Å². The van der Waals surface area contributed by atoms with E-state index in [2.05, 4.69) is 10.1 Å². The lowest BCUT2D eigenvalue weighted by Crippen LogP contribution is -2.23. The van der Waals surface area contributed by atoms with E-state index >= 15 is 0 Å². The second-order valence-electron chi connectivity index (χ2n) is 3.15. The van der Waals surface area contributed by atoms with Gasteiger partial charge < -0.3 is 5.73 Å². The highest BCUT2D eigenvalue weighted by molar-refractivity contribution is 7.22. The normalized spacial score (nSPS) is 11.1. The number of hydrogen-bond acceptors (Lipinski definition) is 5. The van der Waals surface area contributed by atoms with Crippen LogP contribution in [-0.2, 0) is 13.0 Å². The Balaban J connectivity index is 2.89. The lowest BCUT2D eigenvalue weighted by atomic mass is 10.3. The van der Waals surface area contributed by atoms with Crippen molar-refractivity contribution in [3.63, 3.8) is 0 Å². The van der Waals surface area contributed by atoms with Crippen molar-refractivity contribution in [2.24, 2.45) is 0 Å². The molecule has 2 N–H and O–H groups in total. The van der Waals surface area contributed by atoms with Crippen LogP contribution in [0.4, 0.5) is 5.13 Å². The summed E-state index contributed by atoms with van der Waals surface area (Å²) in [6.07, 6.45) is 0.776. The number of fused-ring (bicyclic) bond motifs is 1. The first-order valence-electron chi connectivity index (χ1n) is 4.83. The minimum atomic E-state index is -0.155. The summed E-state index contributed by atoms with van der Waals surface area (Å²) in [6.45, 7) is 4.44. The van der Waals surface area contributed by atoms with Gasteiger partial charge in [0.2, 0.25) is 0 Å². The van der Waals surface area contributed by atoms with Crippen LogP contribution >= 0.6 is 11.3 Å². The molecule has 0 spiro atoms. The van der Waals surface area contributed by atoms with E-state index in [0.717, 1.165) is 16.8 Å². The van der Waals surface area contributed by atoms with Crippen molar-refractivity contribution in [2.45, 2.75) is 26.8 Å². The van der Waals surface area contributed by atoms with Crippen molar-refractivity contribution in [1.82, 2.24) is 14.8 Å². The summed E-state index contributed by atoms with van der Waals surface area (Å²) in [5, 5.41) is 4.69. The maximum absolute atomic E-state index is 11.8. The average Bonchev–Trinajstić information content (AvgIpc) is 2.61. The van der Waals surface area contributed by atoms with Gasteiger partial charge in [-0.3, -0.25) is 4.79 Å². The van der Waals surface area contributed by atoms with Gasteiger partial charge in [0, 0.05) is 6.54 Å². The molecule has 0 bridgehead atoms. The van der Waals surface area contributed by atoms with Gasteiger partial charge in [0.1, 0.15) is 0 Å². The van der Waals surface area contributed by atoms with Crippen LogP contribution in [0.3, 0.4) is 0 Å². The Kier molecular flexibility index (Phi) is 2.44. The first-order valence-corrected chi connectivity index (χ1v) is 5.65. The van der Waals surface area contributed by atoms with Crippen LogP contribution < -0.4 is 11.3 Å². The quantitative estimate of drug-likeness (QED) is 0.826. The zero-order chi connectivity index (χ0) is 11.0. The third kappa shape index (κ3) is 1.50. The Hall–Kier alpha value is -1.43. The minimum absolute atomic E-state index is 0.155. The summed E-state index contributed by atoms with van der Waals surface area (Å²) in [6, 6.07) is 0. The fourth-order valence-electron chi connectivity index (χ4n) is 1.48. The average molecular weight is 224 g/mol. The van der Waals surface area contributed by atoms with Crippen LogP contribution in [0.1, 0.15) is 19.5 Å². The summed E-state index contributed by atoms with van der Waals surface area (Å²) < 4.78 is 2.25. The molecule has 2 rings (SSSR count). The molecule has 0 unspecified atom stereocenters. The summed E-state index contributed by atoms with van der Waals surface area (Å²) in [4.78, 5) is 15.9. The van der Waals surface area contributed by atoms with Crippen LogP contribution in [0, 0.1) is 0 Å². The van der Waals surface area contributed by atoms with Crippen molar-refractivity contribution in [3.05, 3.63) is 16.0 Å². The van der Waals surface area contributed by atoms with Crippen molar-refractivity contribution in [1.29, 1.82) is 0 Å². The number of aromatic nitrogens is 3. The summed E-state index contributed by atoms with van der Waals surface area (Å²) in [5.74, 6) is 0. The number of anilines is 1. The van der Waals surface area contributed by atoms with Gasteiger partial charge in [-0.15, -0.1) is 0 Å². The van der Waals surface area contributed by atoms with E-state index in [4.69, 9.17) is 5.73 Å². The van der Waals surface area contributed by atoms with Gasteiger partial charge >= 0.3 is 0 Å². The molecule has 0 aliphatic carbocycles. The van der Waals surface area contributed by atoms with E-state index in [1.54, 1.807) is 0 Å². The Morgan fingerprint density at radius 2 is 2.20 bits per heavy atom. The van der Waals surface area contributed by atoms with Gasteiger partial charge in [-0.2, -0.15) is 5.10 Å². The van der Waals surface area contributed by atoms with Crippen LogP contribution in [0.25, 0.3) is 10.2 Å². The van der Waals surface area contributed by atoms with Crippen molar-refractivity contribution in [2.75, 3.05) is 5.73 Å². The molecule has 2 heterocycles. The molecule has 6 heteroatoms. The first kappa shape index (κ1) is 10.1. The summed E-state index contributed by atoms with van der Waals surface area (Å²) in [5.41, 5.74) is 6.79. The Bertz CT molecular complexity index is 557. The van der Waals surface area contributed by atoms with E-state index in [-0.39, 0.29) is 5.56 Å². The largest absolute Gasteiger partial charge is 0.375 e. The van der Waals surface area contributed by atoms with E-state index in [0.29, 0.717) is 17.2 Å². The maximum Gasteiger partial charge on any atom is 0.294 e. The zero-order valence-corrected chi connectivity index (χ0v) is 9.47. The van der Waals surface area contributed by atoms with E-state index in [9.17, 15) is 4.79 Å². The highest BCUT2D eigenvalue weighted by Gasteiger charge is 2.12. The van der Waals surface area contributed by atoms with Gasteiger partial charge in [-0.05, 0) is 13.3 Å². The Morgan fingerprint density at radius 3 is 2.80 bits per heavy atom. The second-order valence-corrected chi connectivity index (χ2v) is 4.18. The minimum Gasteiger partial charge on any atom is -0.375 e. The maximum atomic E-state index is 11.8. The smallest absolute Gasteiger partial charge is 0.294 e. The molecule has 0 aliphatic rings. The Labute approximate surface area is 90.6 Å². The molecule has 0 aromatic carbocycles. The van der Waals surface area contributed by atoms with Crippen LogP contribution in [0.15, 0.2) is 4.79 Å². The standard InChI is InChI=1S/C9H12N4OS/c1-3-5-7-6(11-9(10)15-7)8(14)13(4-2)12-5/h3-4H2,1-2H3,(H2,10,11). The molecular formula is C9H12N4OS. The summed E-state index contributed by atoms with van der Waals surface area (Å²) in [7, 11) is 0. The molecular weight excluding hydrogens is 212 g/mol. The van der Waals surface area contributed by atoms with Gasteiger partial charge in [0.05, 0.1) is 10.4 Å². The van der Waals surface area contributed by atoms with Crippen molar-refractivity contribution < 1.29 is 0 Å². The molecule has 15 heavy (non-hydrogen) atoms. The highest BCUT2D eigenvalue weighted by Crippen LogP contribution is 2.23. The third-order valence-corrected chi connectivity index (χ3v) is 3.15. The monoisotopic (exact) mass is 224 g/mol. The fourth-order valence-corrected chi connectivity index (χ4v) is 2.36. The van der Waals surface area contributed by atoms with E-state index in [1.165, 1.54) is 16.0 Å². The molecule has 5 nitrogen and oxygen atoms in total. The van der Waals surface area contributed by atoms with Gasteiger partial charge in [-0.1, -0.05) is 18.3 Å². The molecule has 2 aromatic rings. The molecule has 0 aliphatic heterocycles. The van der Waals surface area contributed by atoms with E-state index < -0.39 is 0 Å². The third-order valence-electron chi connectivity index (χ3n) is 2.22. The topological polar surface area (TPSA) is 73.8 Å². The van der Waals surface area contributed by atoms with Crippen LogP contribution in [0.2, 0.25) is 0 Å². The number of nitrogen functional groups attached to an aromatic ring is 1. The number of thiazole rings is 1.